The maximum atomic E-state index is 12.0. The molecule has 4 bridgehead atoms. The minimum atomic E-state index is -0.587. The van der Waals surface area contributed by atoms with Gasteiger partial charge in [0.15, 0.2) is 6.61 Å². The maximum absolute atomic E-state index is 12.0. The van der Waals surface area contributed by atoms with Crippen LogP contribution >= 0.6 is 0 Å². The Morgan fingerprint density at radius 3 is 2.33 bits per heavy atom. The van der Waals surface area contributed by atoms with Crippen molar-refractivity contribution in [2.45, 2.75) is 65.4 Å². The summed E-state index contributed by atoms with van der Waals surface area (Å²) in [5, 5.41) is 10.7. The topological polar surface area (TPSA) is 72.8 Å². The zero-order valence-corrected chi connectivity index (χ0v) is 15.0. The summed E-state index contributed by atoms with van der Waals surface area (Å²) in [6.45, 7) is 5.42. The number of carbonyl (C=O) groups excluding carboxylic acids is 2. The zero-order valence-electron chi connectivity index (χ0n) is 15.0. The molecule has 1 N–H and O–H groups in total. The molecule has 0 aromatic heterocycles. The Morgan fingerprint density at radius 1 is 1.12 bits per heavy atom. The molecule has 0 spiro atoms. The predicted octanol–water partition coefficient (Wildman–Crippen LogP) is 2.70. The second kappa shape index (κ2) is 6.32. The van der Waals surface area contributed by atoms with E-state index in [4.69, 9.17) is 9.47 Å². The van der Waals surface area contributed by atoms with Crippen LogP contribution in [0.15, 0.2) is 0 Å². The van der Waals surface area contributed by atoms with E-state index in [1.807, 2.05) is 6.92 Å². The average Bonchev–Trinajstić information content (AvgIpc) is 2.54. The largest absolute Gasteiger partial charge is 0.462 e. The van der Waals surface area contributed by atoms with E-state index < -0.39 is 11.4 Å². The summed E-state index contributed by atoms with van der Waals surface area (Å²) in [5.41, 5.74) is -0.854. The summed E-state index contributed by atoms with van der Waals surface area (Å²) < 4.78 is 10.5. The van der Waals surface area contributed by atoms with Gasteiger partial charge < -0.3 is 14.6 Å². The van der Waals surface area contributed by atoms with Gasteiger partial charge in [0.2, 0.25) is 0 Å². The van der Waals surface area contributed by atoms with Gasteiger partial charge in [-0.15, -0.1) is 0 Å². The lowest BCUT2D eigenvalue weighted by Gasteiger charge is -2.59. The van der Waals surface area contributed by atoms with Crippen LogP contribution < -0.4 is 0 Å². The van der Waals surface area contributed by atoms with E-state index >= 15 is 0 Å². The van der Waals surface area contributed by atoms with Crippen molar-refractivity contribution in [2.24, 2.45) is 28.6 Å². The highest BCUT2D eigenvalue weighted by Crippen LogP contribution is 2.60. The molecule has 0 aromatic rings. The molecular weight excluding hydrogens is 308 g/mol. The number of hydrogen-bond acceptors (Lipinski definition) is 5. The van der Waals surface area contributed by atoms with Crippen LogP contribution in [-0.2, 0) is 19.1 Å². The number of aliphatic hydroxyl groups is 1. The number of ether oxygens (including phenoxy) is 2. The first-order chi connectivity index (χ1) is 11.3. The van der Waals surface area contributed by atoms with Crippen molar-refractivity contribution in [3.63, 3.8) is 0 Å². The van der Waals surface area contributed by atoms with Gasteiger partial charge in [-0.2, -0.15) is 0 Å². The summed E-state index contributed by atoms with van der Waals surface area (Å²) in [5.74, 6) is 0.827. The van der Waals surface area contributed by atoms with Gasteiger partial charge in [0, 0.05) is 5.41 Å². The lowest BCUT2D eigenvalue weighted by atomic mass is 9.48. The van der Waals surface area contributed by atoms with Crippen LogP contribution in [0.1, 0.15) is 59.3 Å². The van der Waals surface area contributed by atoms with Crippen LogP contribution in [0.3, 0.4) is 0 Å². The molecule has 0 aliphatic heterocycles. The minimum absolute atomic E-state index is 0.255. The number of aliphatic hydroxyl groups excluding tert-OH is 1. The number of rotatable bonds is 6. The fourth-order valence-corrected chi connectivity index (χ4v) is 5.12. The third kappa shape index (κ3) is 3.19. The molecule has 3 atom stereocenters. The molecule has 0 saturated heterocycles. The molecule has 3 unspecified atom stereocenters. The smallest absolute Gasteiger partial charge is 0.344 e. The van der Waals surface area contributed by atoms with Crippen molar-refractivity contribution in [3.8, 4) is 0 Å². The summed E-state index contributed by atoms with van der Waals surface area (Å²) in [7, 11) is 0. The third-order valence-corrected chi connectivity index (χ3v) is 6.68. The highest BCUT2D eigenvalue weighted by molar-refractivity contribution is 5.79. The molecule has 5 nitrogen and oxygen atoms in total. The van der Waals surface area contributed by atoms with Crippen molar-refractivity contribution in [3.05, 3.63) is 0 Å². The Kier molecular flexibility index (Phi) is 4.67. The number of carbonyl (C=O) groups is 2. The molecule has 4 rings (SSSR count). The Labute approximate surface area is 144 Å². The Hall–Kier alpha value is -1.10. The maximum Gasteiger partial charge on any atom is 0.344 e. The Bertz CT molecular complexity index is 498. The van der Waals surface area contributed by atoms with E-state index in [9.17, 15) is 14.7 Å². The zero-order chi connectivity index (χ0) is 17.5. The molecule has 5 heteroatoms. The van der Waals surface area contributed by atoms with Crippen LogP contribution in [0, 0.1) is 28.6 Å². The van der Waals surface area contributed by atoms with E-state index in [-0.39, 0.29) is 30.7 Å². The van der Waals surface area contributed by atoms with Crippen LogP contribution in [0.25, 0.3) is 0 Å². The molecule has 4 fully saturated rings. The van der Waals surface area contributed by atoms with Crippen LogP contribution in [-0.4, -0.2) is 36.4 Å². The first-order valence-corrected chi connectivity index (χ1v) is 9.26. The van der Waals surface area contributed by atoms with Gasteiger partial charge in [0.1, 0.15) is 0 Å². The molecule has 4 aliphatic carbocycles. The van der Waals surface area contributed by atoms with Gasteiger partial charge in [-0.1, -0.05) is 6.92 Å². The van der Waals surface area contributed by atoms with Gasteiger partial charge >= 0.3 is 11.9 Å². The van der Waals surface area contributed by atoms with Crippen molar-refractivity contribution in [2.75, 3.05) is 13.2 Å². The highest BCUT2D eigenvalue weighted by atomic mass is 16.6. The Morgan fingerprint density at radius 2 is 1.75 bits per heavy atom. The first-order valence-electron chi connectivity index (χ1n) is 9.26. The first kappa shape index (κ1) is 17.7. The van der Waals surface area contributed by atoms with E-state index in [1.165, 1.54) is 6.42 Å². The Balaban J connectivity index is 1.50. The molecule has 0 radical (unpaired) electrons. The average molecular weight is 338 g/mol. The van der Waals surface area contributed by atoms with Crippen molar-refractivity contribution in [1.29, 1.82) is 0 Å². The molecule has 4 saturated carbocycles. The van der Waals surface area contributed by atoms with Gasteiger partial charge in [0.25, 0.3) is 0 Å². The van der Waals surface area contributed by atoms with Crippen molar-refractivity contribution >= 4 is 11.9 Å². The number of hydrogen-bond donors (Lipinski definition) is 1. The normalized spacial score (nSPS) is 37.3. The standard InChI is InChI=1S/C19H30O5/c1-4-18(2,3)17(22)23-10-15(20)24-11-19-8-12-5-13(9-19)7-14(6-12)16(19)21/h12-14,16,21H,4-11H2,1-3H3. The molecule has 0 heterocycles. The fraction of sp³-hybridized carbons (Fsp3) is 0.895. The monoisotopic (exact) mass is 338 g/mol. The molecular formula is C19H30O5. The molecule has 0 aromatic carbocycles. The molecule has 24 heavy (non-hydrogen) atoms. The van der Waals surface area contributed by atoms with Crippen molar-refractivity contribution in [1.82, 2.24) is 0 Å². The molecule has 0 amide bonds. The van der Waals surface area contributed by atoms with E-state index in [0.717, 1.165) is 25.7 Å². The van der Waals surface area contributed by atoms with Gasteiger partial charge in [-0.05, 0) is 70.1 Å². The lowest BCUT2D eigenvalue weighted by Crippen LogP contribution is -2.58. The fourth-order valence-electron chi connectivity index (χ4n) is 5.12. The molecule has 136 valence electrons. The van der Waals surface area contributed by atoms with Crippen LogP contribution in [0.4, 0.5) is 0 Å². The number of esters is 2. The summed E-state index contributed by atoms with van der Waals surface area (Å²) >= 11 is 0. The minimum Gasteiger partial charge on any atom is -0.462 e. The van der Waals surface area contributed by atoms with E-state index in [0.29, 0.717) is 24.2 Å². The lowest BCUT2D eigenvalue weighted by molar-refractivity contribution is -0.190. The van der Waals surface area contributed by atoms with Gasteiger partial charge in [-0.25, -0.2) is 4.79 Å². The van der Waals surface area contributed by atoms with Crippen LogP contribution in [0.2, 0.25) is 0 Å². The molecule has 4 aliphatic rings. The SMILES string of the molecule is CCC(C)(C)C(=O)OCC(=O)OCC12CC3CC(CC(C3)C1O)C2. The van der Waals surface area contributed by atoms with E-state index in [1.54, 1.807) is 13.8 Å². The van der Waals surface area contributed by atoms with Crippen molar-refractivity contribution < 1.29 is 24.2 Å². The second-order valence-corrected chi connectivity index (χ2v) is 8.89. The van der Waals surface area contributed by atoms with E-state index in [2.05, 4.69) is 0 Å². The summed E-state index contributed by atoms with van der Waals surface area (Å²) in [6, 6.07) is 0. The van der Waals surface area contributed by atoms with Gasteiger partial charge in [0.05, 0.1) is 18.1 Å². The highest BCUT2D eigenvalue weighted by Gasteiger charge is 2.57. The third-order valence-electron chi connectivity index (χ3n) is 6.68. The quantitative estimate of drug-likeness (QED) is 0.754. The predicted molar refractivity (Wildman–Crippen MR) is 88.0 cm³/mol. The van der Waals surface area contributed by atoms with Crippen LogP contribution in [0.5, 0.6) is 0 Å². The summed E-state index contributed by atoms with van der Waals surface area (Å²) in [4.78, 5) is 23.9. The second-order valence-electron chi connectivity index (χ2n) is 8.89. The summed E-state index contributed by atoms with van der Waals surface area (Å²) in [6.07, 6.45) is 5.71. The van der Waals surface area contributed by atoms with Gasteiger partial charge in [-0.3, -0.25) is 4.79 Å².